The molecule has 1 aromatic rings. The van der Waals surface area contributed by atoms with Crippen molar-refractivity contribution >= 4 is 27.3 Å². The molecule has 1 fully saturated rings. The Bertz CT molecular complexity index is 527. The minimum atomic E-state index is -3.55. The summed E-state index contributed by atoms with van der Waals surface area (Å²) in [6, 6.07) is 2.64. The fourth-order valence-corrected chi connectivity index (χ4v) is 4.90. The molecule has 2 heterocycles. The van der Waals surface area contributed by atoms with Crippen molar-refractivity contribution in [2.45, 2.75) is 23.1 Å². The summed E-state index contributed by atoms with van der Waals surface area (Å²) in [6.45, 7) is 1.10. The molecule has 106 valence electrons. The Labute approximate surface area is 116 Å². The molecule has 1 saturated heterocycles. The molecule has 0 bridgehead atoms. The predicted molar refractivity (Wildman–Crippen MR) is 73.3 cm³/mol. The maximum absolute atomic E-state index is 12.4. The largest absolute Gasteiger partial charge is 0.353 e. The van der Waals surface area contributed by atoms with Crippen LogP contribution >= 0.6 is 11.3 Å². The minimum Gasteiger partial charge on any atom is -0.353 e. The number of hydrogen-bond acceptors (Lipinski definition) is 5. The van der Waals surface area contributed by atoms with Crippen molar-refractivity contribution in [3.05, 3.63) is 17.5 Å². The van der Waals surface area contributed by atoms with Crippen molar-refractivity contribution in [3.63, 3.8) is 0 Å². The van der Waals surface area contributed by atoms with E-state index in [1.54, 1.807) is 17.5 Å². The lowest BCUT2D eigenvalue weighted by Gasteiger charge is -2.22. The average molecular weight is 303 g/mol. The molecular formula is C11H17N3O3S2. The number of thiophene rings is 1. The molecule has 0 aromatic carbocycles. The highest BCUT2D eigenvalue weighted by atomic mass is 32.2. The van der Waals surface area contributed by atoms with E-state index in [0.717, 1.165) is 0 Å². The van der Waals surface area contributed by atoms with E-state index in [4.69, 9.17) is 5.73 Å². The molecule has 0 spiro atoms. The molecule has 1 unspecified atom stereocenters. The van der Waals surface area contributed by atoms with Gasteiger partial charge in [0.15, 0.2) is 0 Å². The number of carbonyl (C=O) groups excluding carboxylic acids is 1. The molecule has 6 nitrogen and oxygen atoms in total. The first-order valence-electron chi connectivity index (χ1n) is 6.10. The maximum Gasteiger partial charge on any atom is 0.253 e. The number of nitrogens with one attached hydrogen (secondary N) is 1. The third-order valence-corrected chi connectivity index (χ3v) is 6.29. The fraction of sp³-hybridized carbons (Fsp3) is 0.545. The van der Waals surface area contributed by atoms with Gasteiger partial charge in [-0.25, -0.2) is 8.42 Å². The summed E-state index contributed by atoms with van der Waals surface area (Å²) in [7, 11) is -3.55. The molecule has 1 aromatic heterocycles. The number of rotatable bonds is 5. The number of hydrogen-bond donors (Lipinski definition) is 2. The van der Waals surface area contributed by atoms with Crippen LogP contribution in [0.1, 0.15) is 12.8 Å². The highest BCUT2D eigenvalue weighted by Crippen LogP contribution is 2.28. The lowest BCUT2D eigenvalue weighted by molar-refractivity contribution is -0.124. The van der Waals surface area contributed by atoms with Crippen LogP contribution in [-0.4, -0.2) is 44.3 Å². The summed E-state index contributed by atoms with van der Waals surface area (Å²) < 4.78 is 26.4. The van der Waals surface area contributed by atoms with Crippen LogP contribution in [0.5, 0.6) is 0 Å². The topological polar surface area (TPSA) is 92.5 Å². The van der Waals surface area contributed by atoms with Crippen LogP contribution in [-0.2, 0) is 14.8 Å². The van der Waals surface area contributed by atoms with E-state index >= 15 is 0 Å². The first-order chi connectivity index (χ1) is 9.07. The Morgan fingerprint density at radius 2 is 2.37 bits per heavy atom. The number of nitrogens with zero attached hydrogens (tertiary/aromatic N) is 1. The lowest BCUT2D eigenvalue weighted by atomic mass is 10.2. The van der Waals surface area contributed by atoms with Gasteiger partial charge in [0.1, 0.15) is 10.3 Å². The van der Waals surface area contributed by atoms with Gasteiger partial charge in [-0.2, -0.15) is 4.31 Å². The van der Waals surface area contributed by atoms with Gasteiger partial charge in [0, 0.05) is 19.6 Å². The third-order valence-electron chi connectivity index (χ3n) is 3.01. The number of amides is 1. The SMILES string of the molecule is NCCNC(=O)C1CCCN1S(=O)(=O)c1cccs1. The van der Waals surface area contributed by atoms with Crippen molar-refractivity contribution in [2.24, 2.45) is 5.73 Å². The second kappa shape index (κ2) is 6.00. The smallest absolute Gasteiger partial charge is 0.253 e. The van der Waals surface area contributed by atoms with Gasteiger partial charge >= 0.3 is 0 Å². The zero-order valence-corrected chi connectivity index (χ0v) is 12.0. The van der Waals surface area contributed by atoms with Crippen LogP contribution in [0.2, 0.25) is 0 Å². The van der Waals surface area contributed by atoms with Crippen LogP contribution in [0.15, 0.2) is 21.7 Å². The first kappa shape index (κ1) is 14.4. The van der Waals surface area contributed by atoms with E-state index in [1.165, 1.54) is 15.6 Å². The van der Waals surface area contributed by atoms with Gasteiger partial charge in [-0.15, -0.1) is 11.3 Å². The zero-order chi connectivity index (χ0) is 13.9. The number of nitrogens with two attached hydrogens (primary N) is 1. The summed E-state index contributed by atoms with van der Waals surface area (Å²) in [5.74, 6) is -0.261. The molecule has 3 N–H and O–H groups in total. The summed E-state index contributed by atoms with van der Waals surface area (Å²) in [6.07, 6.45) is 1.26. The van der Waals surface area contributed by atoms with Gasteiger partial charge in [-0.3, -0.25) is 4.79 Å². The van der Waals surface area contributed by atoms with Gasteiger partial charge in [-0.05, 0) is 24.3 Å². The third kappa shape index (κ3) is 2.97. The van der Waals surface area contributed by atoms with E-state index < -0.39 is 16.1 Å². The molecule has 1 amide bonds. The van der Waals surface area contributed by atoms with Crippen LogP contribution in [0.4, 0.5) is 0 Å². The van der Waals surface area contributed by atoms with Gasteiger partial charge in [0.25, 0.3) is 10.0 Å². The van der Waals surface area contributed by atoms with E-state index in [2.05, 4.69) is 5.32 Å². The molecule has 0 saturated carbocycles. The predicted octanol–water partition coefficient (Wildman–Crippen LogP) is -0.0239. The van der Waals surface area contributed by atoms with Crippen LogP contribution < -0.4 is 11.1 Å². The van der Waals surface area contributed by atoms with Crippen LogP contribution in [0.3, 0.4) is 0 Å². The van der Waals surface area contributed by atoms with Gasteiger partial charge in [0.05, 0.1) is 0 Å². The highest BCUT2D eigenvalue weighted by molar-refractivity contribution is 7.91. The standard InChI is InChI=1S/C11H17N3O3S2/c12-5-6-13-11(15)9-3-1-7-14(9)19(16,17)10-4-2-8-18-10/h2,4,8-9H,1,3,5-7,12H2,(H,13,15). The van der Waals surface area contributed by atoms with Gasteiger partial charge < -0.3 is 11.1 Å². The van der Waals surface area contributed by atoms with Crippen LogP contribution in [0, 0.1) is 0 Å². The Balaban J connectivity index is 2.17. The van der Waals surface area contributed by atoms with Crippen molar-refractivity contribution in [2.75, 3.05) is 19.6 Å². The second-order valence-corrected chi connectivity index (χ2v) is 7.35. The van der Waals surface area contributed by atoms with E-state index in [9.17, 15) is 13.2 Å². The molecular weight excluding hydrogens is 286 g/mol. The second-order valence-electron chi connectivity index (χ2n) is 4.29. The van der Waals surface area contributed by atoms with Gasteiger partial charge in [0.2, 0.25) is 5.91 Å². The summed E-state index contributed by atoms with van der Waals surface area (Å²) in [5.41, 5.74) is 5.33. The van der Waals surface area contributed by atoms with Crippen LogP contribution in [0.25, 0.3) is 0 Å². The Morgan fingerprint density at radius 3 is 3.00 bits per heavy atom. The Kier molecular flexibility index (Phi) is 4.56. The maximum atomic E-state index is 12.4. The molecule has 1 atom stereocenters. The summed E-state index contributed by atoms with van der Waals surface area (Å²) in [4.78, 5) is 12.0. The normalized spacial score (nSPS) is 20.6. The number of carbonyl (C=O) groups is 1. The monoisotopic (exact) mass is 303 g/mol. The van der Waals surface area contributed by atoms with Crippen molar-refractivity contribution in [1.82, 2.24) is 9.62 Å². The molecule has 19 heavy (non-hydrogen) atoms. The average Bonchev–Trinajstić information content (AvgIpc) is 3.05. The van der Waals surface area contributed by atoms with E-state index in [1.807, 2.05) is 0 Å². The van der Waals surface area contributed by atoms with Crippen molar-refractivity contribution in [1.29, 1.82) is 0 Å². The van der Waals surface area contributed by atoms with E-state index in [0.29, 0.717) is 32.5 Å². The molecule has 0 radical (unpaired) electrons. The summed E-state index contributed by atoms with van der Waals surface area (Å²) >= 11 is 1.17. The Hall–Kier alpha value is -0.960. The van der Waals surface area contributed by atoms with Gasteiger partial charge in [-0.1, -0.05) is 6.07 Å². The minimum absolute atomic E-state index is 0.261. The van der Waals surface area contributed by atoms with Crippen molar-refractivity contribution in [3.8, 4) is 0 Å². The first-order valence-corrected chi connectivity index (χ1v) is 8.42. The molecule has 1 aliphatic heterocycles. The molecule has 1 aliphatic rings. The molecule has 2 rings (SSSR count). The zero-order valence-electron chi connectivity index (χ0n) is 10.4. The van der Waals surface area contributed by atoms with Crippen molar-refractivity contribution < 1.29 is 13.2 Å². The fourth-order valence-electron chi connectivity index (χ4n) is 2.13. The molecule has 8 heteroatoms. The number of sulfonamides is 1. The quantitative estimate of drug-likeness (QED) is 0.799. The highest BCUT2D eigenvalue weighted by Gasteiger charge is 2.39. The Morgan fingerprint density at radius 1 is 1.58 bits per heavy atom. The van der Waals surface area contributed by atoms with E-state index in [-0.39, 0.29) is 10.1 Å². The molecule has 0 aliphatic carbocycles. The lowest BCUT2D eigenvalue weighted by Crippen LogP contribution is -2.46. The summed E-state index contributed by atoms with van der Waals surface area (Å²) in [5, 5.41) is 4.37.